The highest BCUT2D eigenvalue weighted by Gasteiger charge is 2.10. The largest absolute Gasteiger partial charge is 0.398 e. The number of carbonyl (C=O) groups is 1. The Morgan fingerprint density at radius 1 is 1.26 bits per heavy atom. The fraction of sp³-hybridized carbons (Fsp3) is 0.0714. The maximum absolute atomic E-state index is 13.1. The summed E-state index contributed by atoms with van der Waals surface area (Å²) in [4.78, 5) is 12.0. The smallest absolute Gasteiger partial charge is 0.255 e. The maximum atomic E-state index is 13.1. The van der Waals surface area contributed by atoms with Crippen molar-refractivity contribution >= 4 is 28.9 Å². The van der Waals surface area contributed by atoms with E-state index in [1.807, 2.05) is 6.92 Å². The summed E-state index contributed by atoms with van der Waals surface area (Å²) in [6, 6.07) is 8.74. The Morgan fingerprint density at radius 2 is 2.00 bits per heavy atom. The van der Waals surface area contributed by atoms with Crippen LogP contribution in [0.25, 0.3) is 0 Å². The normalized spacial score (nSPS) is 10.3. The van der Waals surface area contributed by atoms with Gasteiger partial charge < -0.3 is 11.1 Å². The molecule has 2 aromatic carbocycles. The molecular formula is C14H12ClFN2O. The molecule has 0 saturated carbocycles. The summed E-state index contributed by atoms with van der Waals surface area (Å²) in [5.41, 5.74) is 7.77. The van der Waals surface area contributed by atoms with Crippen LogP contribution in [0.2, 0.25) is 5.02 Å². The second-order valence-electron chi connectivity index (χ2n) is 4.15. The van der Waals surface area contributed by atoms with Gasteiger partial charge in [0.2, 0.25) is 0 Å². The fourth-order valence-corrected chi connectivity index (χ4v) is 1.73. The van der Waals surface area contributed by atoms with Crippen molar-refractivity contribution in [2.24, 2.45) is 0 Å². The van der Waals surface area contributed by atoms with Crippen molar-refractivity contribution < 1.29 is 9.18 Å². The number of carbonyl (C=O) groups excluding carboxylic acids is 1. The Balaban J connectivity index is 2.25. The molecule has 19 heavy (non-hydrogen) atoms. The van der Waals surface area contributed by atoms with Gasteiger partial charge in [-0.15, -0.1) is 0 Å². The van der Waals surface area contributed by atoms with E-state index >= 15 is 0 Å². The van der Waals surface area contributed by atoms with Crippen molar-refractivity contribution in [3.8, 4) is 0 Å². The third kappa shape index (κ3) is 3.03. The molecule has 0 aromatic heterocycles. The van der Waals surface area contributed by atoms with E-state index in [1.54, 1.807) is 18.2 Å². The minimum atomic E-state index is -0.469. The van der Waals surface area contributed by atoms with Gasteiger partial charge in [0, 0.05) is 11.3 Å². The predicted octanol–water partition coefficient (Wildman–Crippen LogP) is 3.62. The van der Waals surface area contributed by atoms with Gasteiger partial charge in [0.1, 0.15) is 5.82 Å². The van der Waals surface area contributed by atoms with Crippen molar-refractivity contribution in [2.75, 3.05) is 11.1 Å². The van der Waals surface area contributed by atoms with Crippen molar-refractivity contribution in [2.45, 2.75) is 6.92 Å². The van der Waals surface area contributed by atoms with Gasteiger partial charge in [-0.1, -0.05) is 17.7 Å². The van der Waals surface area contributed by atoms with Gasteiger partial charge in [-0.25, -0.2) is 4.39 Å². The van der Waals surface area contributed by atoms with Gasteiger partial charge in [-0.05, 0) is 42.8 Å². The van der Waals surface area contributed by atoms with E-state index in [0.717, 1.165) is 11.6 Å². The lowest BCUT2D eigenvalue weighted by molar-refractivity contribution is 0.102. The molecule has 0 radical (unpaired) electrons. The Kier molecular flexibility index (Phi) is 3.71. The lowest BCUT2D eigenvalue weighted by atomic mass is 10.1. The van der Waals surface area contributed by atoms with Crippen molar-refractivity contribution in [3.05, 3.63) is 58.4 Å². The highest BCUT2D eigenvalue weighted by Crippen LogP contribution is 2.23. The number of nitrogen functional groups attached to an aromatic ring is 1. The lowest BCUT2D eigenvalue weighted by Crippen LogP contribution is -2.13. The number of benzene rings is 2. The first kappa shape index (κ1) is 13.4. The van der Waals surface area contributed by atoms with Gasteiger partial charge in [0.05, 0.1) is 10.7 Å². The van der Waals surface area contributed by atoms with E-state index in [1.165, 1.54) is 12.1 Å². The summed E-state index contributed by atoms with van der Waals surface area (Å²) in [5.74, 6) is -0.859. The SMILES string of the molecule is Cc1ccc(C(=O)Nc2cc(F)ccc2Cl)cc1N. The molecule has 98 valence electrons. The first-order valence-corrected chi connectivity index (χ1v) is 5.97. The number of nitrogens with one attached hydrogen (secondary N) is 1. The van der Waals surface area contributed by atoms with Crippen molar-refractivity contribution in [1.82, 2.24) is 0 Å². The average Bonchev–Trinajstić information content (AvgIpc) is 2.37. The standard InChI is InChI=1S/C14H12ClFN2O/c1-8-2-3-9(6-12(8)17)14(19)18-13-7-10(16)4-5-11(13)15/h2-7H,17H2,1H3,(H,18,19). The zero-order valence-corrected chi connectivity index (χ0v) is 11.0. The first-order valence-electron chi connectivity index (χ1n) is 5.60. The van der Waals surface area contributed by atoms with Crippen LogP contribution in [0.15, 0.2) is 36.4 Å². The van der Waals surface area contributed by atoms with E-state index in [2.05, 4.69) is 5.32 Å². The molecule has 0 atom stereocenters. The van der Waals surface area contributed by atoms with Gasteiger partial charge >= 0.3 is 0 Å². The maximum Gasteiger partial charge on any atom is 0.255 e. The van der Waals surface area contributed by atoms with E-state index in [-0.39, 0.29) is 16.6 Å². The molecule has 0 bridgehead atoms. The van der Waals surface area contributed by atoms with Crippen LogP contribution >= 0.6 is 11.6 Å². The van der Waals surface area contributed by atoms with E-state index in [9.17, 15) is 9.18 Å². The summed E-state index contributed by atoms with van der Waals surface area (Å²) in [6.07, 6.45) is 0. The topological polar surface area (TPSA) is 55.1 Å². The van der Waals surface area contributed by atoms with Gasteiger partial charge in [-0.3, -0.25) is 4.79 Å². The monoisotopic (exact) mass is 278 g/mol. The Morgan fingerprint density at radius 3 is 2.68 bits per heavy atom. The molecule has 3 N–H and O–H groups in total. The number of rotatable bonds is 2. The molecular weight excluding hydrogens is 267 g/mol. The van der Waals surface area contributed by atoms with Crippen LogP contribution in [0.4, 0.5) is 15.8 Å². The number of hydrogen-bond acceptors (Lipinski definition) is 2. The molecule has 1 amide bonds. The third-order valence-electron chi connectivity index (χ3n) is 2.72. The number of anilines is 2. The minimum Gasteiger partial charge on any atom is -0.398 e. The van der Waals surface area contributed by atoms with Crippen LogP contribution < -0.4 is 11.1 Å². The zero-order chi connectivity index (χ0) is 14.0. The average molecular weight is 279 g/mol. The highest BCUT2D eigenvalue weighted by molar-refractivity contribution is 6.33. The van der Waals surface area contributed by atoms with Crippen LogP contribution in [0.1, 0.15) is 15.9 Å². The second-order valence-corrected chi connectivity index (χ2v) is 4.56. The molecule has 0 saturated heterocycles. The van der Waals surface area contributed by atoms with Crippen molar-refractivity contribution in [3.63, 3.8) is 0 Å². The van der Waals surface area contributed by atoms with E-state index in [0.29, 0.717) is 11.3 Å². The summed E-state index contributed by atoms with van der Waals surface area (Å²) in [5, 5.41) is 2.82. The fourth-order valence-electron chi connectivity index (χ4n) is 1.57. The molecule has 0 heterocycles. The lowest BCUT2D eigenvalue weighted by Gasteiger charge is -2.08. The van der Waals surface area contributed by atoms with Crippen LogP contribution in [0.5, 0.6) is 0 Å². The summed E-state index contributed by atoms with van der Waals surface area (Å²) in [6.45, 7) is 1.85. The van der Waals surface area contributed by atoms with E-state index < -0.39 is 5.82 Å². The summed E-state index contributed by atoms with van der Waals surface area (Å²) < 4.78 is 13.1. The quantitative estimate of drug-likeness (QED) is 0.824. The molecule has 0 aliphatic heterocycles. The summed E-state index contributed by atoms with van der Waals surface area (Å²) in [7, 11) is 0. The molecule has 0 spiro atoms. The van der Waals surface area contributed by atoms with Crippen LogP contribution in [-0.2, 0) is 0 Å². The van der Waals surface area contributed by atoms with Crippen LogP contribution in [0.3, 0.4) is 0 Å². The van der Waals surface area contributed by atoms with E-state index in [4.69, 9.17) is 17.3 Å². The molecule has 5 heteroatoms. The molecule has 0 aliphatic rings. The minimum absolute atomic E-state index is 0.228. The number of halogens is 2. The predicted molar refractivity (Wildman–Crippen MR) is 75.0 cm³/mol. The van der Waals surface area contributed by atoms with Gasteiger partial charge in [-0.2, -0.15) is 0 Å². The molecule has 3 nitrogen and oxygen atoms in total. The molecule has 2 aromatic rings. The van der Waals surface area contributed by atoms with Gasteiger partial charge in [0.15, 0.2) is 0 Å². The van der Waals surface area contributed by atoms with Gasteiger partial charge in [0.25, 0.3) is 5.91 Å². The summed E-state index contributed by atoms with van der Waals surface area (Å²) >= 11 is 5.88. The number of aryl methyl sites for hydroxylation is 1. The Labute approximate surface area is 115 Å². The molecule has 0 aliphatic carbocycles. The first-order chi connectivity index (χ1) is 8.97. The molecule has 0 fully saturated rings. The van der Waals surface area contributed by atoms with Crippen LogP contribution in [0, 0.1) is 12.7 Å². The molecule has 0 unspecified atom stereocenters. The number of hydrogen-bond donors (Lipinski definition) is 2. The number of nitrogens with two attached hydrogens (primary N) is 1. The number of amides is 1. The van der Waals surface area contributed by atoms with Crippen LogP contribution in [-0.4, -0.2) is 5.91 Å². The van der Waals surface area contributed by atoms with Crippen molar-refractivity contribution in [1.29, 1.82) is 0 Å². The highest BCUT2D eigenvalue weighted by atomic mass is 35.5. The Bertz CT molecular complexity index is 643. The molecule has 2 rings (SSSR count). The third-order valence-corrected chi connectivity index (χ3v) is 3.05. The zero-order valence-electron chi connectivity index (χ0n) is 10.2. The second kappa shape index (κ2) is 5.28. The Hall–Kier alpha value is -2.07.